The number of benzene rings is 2. The molecule has 0 aliphatic heterocycles. The van der Waals surface area contributed by atoms with Crippen molar-refractivity contribution in [3.63, 3.8) is 0 Å². The molecular formula is C17H19F2N2O+. The topological polar surface area (TPSA) is 45.7 Å². The first kappa shape index (κ1) is 16.1. The quantitative estimate of drug-likeness (QED) is 0.876. The number of halogens is 2. The van der Waals surface area contributed by atoms with Gasteiger partial charge in [0, 0.05) is 5.56 Å². The predicted octanol–water partition coefficient (Wildman–Crippen LogP) is 2.62. The Morgan fingerprint density at radius 1 is 1.00 bits per heavy atom. The second-order valence-electron chi connectivity index (χ2n) is 5.27. The van der Waals surface area contributed by atoms with E-state index in [9.17, 15) is 13.6 Å². The third kappa shape index (κ3) is 3.89. The van der Waals surface area contributed by atoms with Gasteiger partial charge in [-0.25, -0.2) is 8.78 Å². The molecule has 0 fully saturated rings. The lowest BCUT2D eigenvalue weighted by Gasteiger charge is -2.17. The zero-order valence-corrected chi connectivity index (χ0v) is 12.5. The van der Waals surface area contributed by atoms with Crippen LogP contribution < -0.4 is 10.6 Å². The standard InChI is InChI=1S/C17H18F2N2O/c1-11(13-7-4-3-5-8-13)20-12(2)17(22)21-16-14(18)9-6-10-15(16)19/h3-12,20H,1-2H3,(H,21,22)/p+1/t11-,12+/m1/s1. The second kappa shape index (κ2) is 7.13. The van der Waals surface area contributed by atoms with Crippen LogP contribution in [0.5, 0.6) is 0 Å². The minimum atomic E-state index is -0.781. The number of carbonyl (C=O) groups excluding carboxylic acids is 1. The minimum absolute atomic E-state index is 0.0624. The van der Waals surface area contributed by atoms with E-state index in [4.69, 9.17) is 0 Å². The Kier molecular flexibility index (Phi) is 5.22. The number of nitrogens with two attached hydrogens (primary N) is 1. The molecule has 5 heteroatoms. The fourth-order valence-corrected chi connectivity index (χ4v) is 2.24. The van der Waals surface area contributed by atoms with E-state index in [1.807, 2.05) is 42.6 Å². The summed E-state index contributed by atoms with van der Waals surface area (Å²) in [7, 11) is 0. The van der Waals surface area contributed by atoms with E-state index in [-0.39, 0.29) is 6.04 Å². The molecule has 116 valence electrons. The van der Waals surface area contributed by atoms with Crippen molar-refractivity contribution in [3.05, 3.63) is 65.7 Å². The molecular weight excluding hydrogens is 286 g/mol. The summed E-state index contributed by atoms with van der Waals surface area (Å²) in [6, 6.07) is 12.8. The molecule has 22 heavy (non-hydrogen) atoms. The lowest BCUT2D eigenvalue weighted by atomic mass is 10.1. The molecule has 3 nitrogen and oxygen atoms in total. The first-order valence-corrected chi connectivity index (χ1v) is 7.14. The predicted molar refractivity (Wildman–Crippen MR) is 81.2 cm³/mol. The highest BCUT2D eigenvalue weighted by Gasteiger charge is 2.22. The summed E-state index contributed by atoms with van der Waals surface area (Å²) in [5.74, 6) is -2.00. The molecule has 0 spiro atoms. The van der Waals surface area contributed by atoms with E-state index >= 15 is 0 Å². The van der Waals surface area contributed by atoms with Gasteiger partial charge in [-0.1, -0.05) is 36.4 Å². The highest BCUT2D eigenvalue weighted by atomic mass is 19.1. The first-order chi connectivity index (χ1) is 10.5. The Bertz CT molecular complexity index is 626. The molecule has 0 aliphatic carbocycles. The van der Waals surface area contributed by atoms with Gasteiger partial charge >= 0.3 is 0 Å². The minimum Gasteiger partial charge on any atom is -0.330 e. The maximum atomic E-state index is 13.5. The van der Waals surface area contributed by atoms with Gasteiger partial charge in [-0.05, 0) is 26.0 Å². The number of hydrogen-bond donors (Lipinski definition) is 2. The summed E-state index contributed by atoms with van der Waals surface area (Å²) < 4.78 is 27.1. The summed E-state index contributed by atoms with van der Waals surface area (Å²) >= 11 is 0. The van der Waals surface area contributed by atoms with Gasteiger partial charge in [0.05, 0.1) is 0 Å². The largest absolute Gasteiger partial charge is 0.330 e. The van der Waals surface area contributed by atoms with E-state index in [1.54, 1.807) is 6.92 Å². The third-order valence-electron chi connectivity index (χ3n) is 3.53. The van der Waals surface area contributed by atoms with Gasteiger partial charge in [0.25, 0.3) is 5.91 Å². The molecule has 0 saturated heterocycles. The molecule has 0 heterocycles. The highest BCUT2D eigenvalue weighted by molar-refractivity contribution is 5.93. The van der Waals surface area contributed by atoms with Gasteiger partial charge in [-0.3, -0.25) is 4.79 Å². The monoisotopic (exact) mass is 305 g/mol. The van der Waals surface area contributed by atoms with Crippen molar-refractivity contribution >= 4 is 11.6 Å². The fraction of sp³-hybridized carbons (Fsp3) is 0.235. The molecule has 0 aromatic heterocycles. The molecule has 0 unspecified atom stereocenters. The van der Waals surface area contributed by atoms with Gasteiger partial charge in [0.1, 0.15) is 23.4 Å². The number of amides is 1. The van der Waals surface area contributed by atoms with E-state index in [1.165, 1.54) is 6.07 Å². The van der Waals surface area contributed by atoms with Crippen LogP contribution in [0.15, 0.2) is 48.5 Å². The summed E-state index contributed by atoms with van der Waals surface area (Å²) in [4.78, 5) is 12.1. The van der Waals surface area contributed by atoms with Crippen LogP contribution >= 0.6 is 0 Å². The lowest BCUT2D eigenvalue weighted by Crippen LogP contribution is -2.91. The summed E-state index contributed by atoms with van der Waals surface area (Å²) in [6.45, 7) is 3.68. The molecule has 2 aromatic rings. The van der Waals surface area contributed by atoms with Crippen LogP contribution in [0.3, 0.4) is 0 Å². The molecule has 0 bridgehead atoms. The van der Waals surface area contributed by atoms with Crippen LogP contribution in [-0.2, 0) is 4.79 Å². The van der Waals surface area contributed by atoms with E-state index in [0.29, 0.717) is 0 Å². The third-order valence-corrected chi connectivity index (χ3v) is 3.53. The number of rotatable bonds is 5. The molecule has 0 aliphatic rings. The van der Waals surface area contributed by atoms with Gasteiger partial charge < -0.3 is 10.6 Å². The van der Waals surface area contributed by atoms with E-state index in [2.05, 4.69) is 5.32 Å². The number of quaternary nitrogens is 1. The van der Waals surface area contributed by atoms with Crippen molar-refractivity contribution in [2.75, 3.05) is 5.32 Å². The molecule has 0 saturated carbocycles. The van der Waals surface area contributed by atoms with Gasteiger partial charge in [-0.15, -0.1) is 0 Å². The molecule has 1 amide bonds. The van der Waals surface area contributed by atoms with Crippen molar-refractivity contribution in [2.24, 2.45) is 0 Å². The zero-order chi connectivity index (χ0) is 16.1. The van der Waals surface area contributed by atoms with Crippen LogP contribution in [0.4, 0.5) is 14.5 Å². The summed E-state index contributed by atoms with van der Waals surface area (Å²) in [5, 5.41) is 4.17. The van der Waals surface area contributed by atoms with E-state index in [0.717, 1.165) is 17.7 Å². The number of hydrogen-bond acceptors (Lipinski definition) is 1. The molecule has 0 radical (unpaired) electrons. The fourth-order valence-electron chi connectivity index (χ4n) is 2.24. The van der Waals surface area contributed by atoms with Crippen molar-refractivity contribution in [1.29, 1.82) is 0 Å². The first-order valence-electron chi connectivity index (χ1n) is 7.14. The molecule has 2 rings (SSSR count). The maximum Gasteiger partial charge on any atom is 0.282 e. The lowest BCUT2D eigenvalue weighted by molar-refractivity contribution is -0.709. The average Bonchev–Trinajstić information content (AvgIpc) is 2.51. The molecule has 2 atom stereocenters. The Morgan fingerprint density at radius 3 is 2.18 bits per heavy atom. The normalized spacial score (nSPS) is 13.5. The Balaban J connectivity index is 2.01. The number of anilines is 1. The van der Waals surface area contributed by atoms with Crippen LogP contribution in [0.25, 0.3) is 0 Å². The number of nitrogens with one attached hydrogen (secondary N) is 1. The number of para-hydroxylation sites is 1. The zero-order valence-electron chi connectivity index (χ0n) is 12.5. The number of carbonyl (C=O) groups is 1. The van der Waals surface area contributed by atoms with Crippen molar-refractivity contribution < 1.29 is 18.9 Å². The van der Waals surface area contributed by atoms with Crippen LogP contribution in [0.2, 0.25) is 0 Å². The Hall–Kier alpha value is -2.27. The smallest absolute Gasteiger partial charge is 0.282 e. The van der Waals surface area contributed by atoms with Gasteiger partial charge in [0.15, 0.2) is 6.04 Å². The van der Waals surface area contributed by atoms with Crippen LogP contribution in [0, 0.1) is 11.6 Å². The van der Waals surface area contributed by atoms with Crippen molar-refractivity contribution in [2.45, 2.75) is 25.9 Å². The van der Waals surface area contributed by atoms with Crippen molar-refractivity contribution in [3.8, 4) is 0 Å². The molecule has 2 aromatic carbocycles. The SMILES string of the molecule is C[C@H]([NH2+][C@H](C)c1ccccc1)C(=O)Nc1c(F)cccc1F. The van der Waals surface area contributed by atoms with Crippen LogP contribution in [0.1, 0.15) is 25.5 Å². The van der Waals surface area contributed by atoms with Crippen LogP contribution in [-0.4, -0.2) is 11.9 Å². The van der Waals surface area contributed by atoms with Gasteiger partial charge in [-0.2, -0.15) is 0 Å². The van der Waals surface area contributed by atoms with E-state index < -0.39 is 29.3 Å². The second-order valence-corrected chi connectivity index (χ2v) is 5.27. The Morgan fingerprint density at radius 2 is 1.59 bits per heavy atom. The van der Waals surface area contributed by atoms with Gasteiger partial charge in [0.2, 0.25) is 0 Å². The Labute approximate surface area is 128 Å². The highest BCUT2D eigenvalue weighted by Crippen LogP contribution is 2.18. The average molecular weight is 305 g/mol. The summed E-state index contributed by atoms with van der Waals surface area (Å²) in [6.07, 6.45) is 0. The summed E-state index contributed by atoms with van der Waals surface area (Å²) in [5.41, 5.74) is 0.680. The van der Waals surface area contributed by atoms with Crippen molar-refractivity contribution in [1.82, 2.24) is 0 Å². The maximum absolute atomic E-state index is 13.5. The molecule has 3 N–H and O–H groups in total.